The minimum Gasteiger partial charge on any atom is -0.493 e. The van der Waals surface area contributed by atoms with Gasteiger partial charge in [-0.25, -0.2) is 4.79 Å². The van der Waals surface area contributed by atoms with Gasteiger partial charge in [-0.3, -0.25) is 0 Å². The van der Waals surface area contributed by atoms with Crippen LogP contribution in [0.4, 0.5) is 4.39 Å². The van der Waals surface area contributed by atoms with E-state index in [4.69, 9.17) is 9.47 Å². The van der Waals surface area contributed by atoms with Crippen LogP contribution in [0.15, 0.2) is 12.1 Å². The number of benzene rings is 1. The first-order chi connectivity index (χ1) is 8.15. The molecule has 0 unspecified atom stereocenters. The molecule has 0 saturated carbocycles. The van der Waals surface area contributed by atoms with E-state index in [1.165, 1.54) is 26.4 Å². The fraction of sp³-hybridized carbons (Fsp3) is 0.417. The molecule has 0 amide bonds. The number of carbonyl (C=O) groups excluding carboxylic acids is 1. The Morgan fingerprint density at radius 2 is 2.06 bits per heavy atom. The van der Waals surface area contributed by atoms with Crippen LogP contribution in [0.2, 0.25) is 0 Å². The lowest BCUT2D eigenvalue weighted by atomic mass is 10.2. The fourth-order valence-corrected chi connectivity index (χ4v) is 1.33. The van der Waals surface area contributed by atoms with Crippen LogP contribution in [0, 0.1) is 5.82 Å². The summed E-state index contributed by atoms with van der Waals surface area (Å²) in [7, 11) is 2.51. The summed E-state index contributed by atoms with van der Waals surface area (Å²) in [4.78, 5) is 11.4. The minimum absolute atomic E-state index is 0.0383. The summed E-state index contributed by atoms with van der Waals surface area (Å²) in [5.74, 6) is -1.44. The largest absolute Gasteiger partial charge is 0.493 e. The van der Waals surface area contributed by atoms with E-state index in [9.17, 15) is 9.18 Å². The number of esters is 1. The molecular weight excluding hydrogens is 227 g/mol. The van der Waals surface area contributed by atoms with Crippen molar-refractivity contribution < 1.29 is 23.4 Å². The second-order valence-electron chi connectivity index (χ2n) is 3.30. The van der Waals surface area contributed by atoms with Crippen molar-refractivity contribution in [2.24, 2.45) is 0 Å². The van der Waals surface area contributed by atoms with Gasteiger partial charge in [-0.1, -0.05) is 6.92 Å². The molecule has 1 aromatic rings. The predicted octanol–water partition coefficient (Wildman–Crippen LogP) is 2.41. The number of ether oxygens (including phenoxy) is 3. The van der Waals surface area contributed by atoms with E-state index in [0.29, 0.717) is 6.61 Å². The molecule has 17 heavy (non-hydrogen) atoms. The lowest BCUT2D eigenvalue weighted by Gasteiger charge is -2.11. The summed E-state index contributed by atoms with van der Waals surface area (Å²) in [5.41, 5.74) is 0.0383. The van der Waals surface area contributed by atoms with Crippen LogP contribution in [-0.4, -0.2) is 26.8 Å². The molecule has 0 spiro atoms. The third kappa shape index (κ3) is 2.87. The molecule has 94 valence electrons. The average molecular weight is 242 g/mol. The van der Waals surface area contributed by atoms with Gasteiger partial charge in [0.15, 0.2) is 11.5 Å². The van der Waals surface area contributed by atoms with Crippen molar-refractivity contribution in [2.45, 2.75) is 13.3 Å². The molecule has 0 aromatic heterocycles. The topological polar surface area (TPSA) is 44.8 Å². The molecule has 4 nitrogen and oxygen atoms in total. The third-order valence-corrected chi connectivity index (χ3v) is 2.13. The first-order valence-corrected chi connectivity index (χ1v) is 5.23. The van der Waals surface area contributed by atoms with Crippen LogP contribution in [0.3, 0.4) is 0 Å². The number of carbonyl (C=O) groups is 1. The molecule has 5 heteroatoms. The van der Waals surface area contributed by atoms with Gasteiger partial charge in [0.1, 0.15) is 5.56 Å². The number of hydrogen-bond acceptors (Lipinski definition) is 4. The van der Waals surface area contributed by atoms with Gasteiger partial charge in [0, 0.05) is 0 Å². The molecule has 0 radical (unpaired) electrons. The van der Waals surface area contributed by atoms with Crippen LogP contribution >= 0.6 is 0 Å². The molecular formula is C12H15FO4. The lowest BCUT2D eigenvalue weighted by Crippen LogP contribution is -2.07. The van der Waals surface area contributed by atoms with Crippen molar-refractivity contribution >= 4 is 5.97 Å². The Morgan fingerprint density at radius 1 is 1.35 bits per heavy atom. The predicted molar refractivity (Wildman–Crippen MR) is 60.1 cm³/mol. The molecule has 0 bridgehead atoms. The second-order valence-corrected chi connectivity index (χ2v) is 3.30. The lowest BCUT2D eigenvalue weighted by molar-refractivity contribution is 0.0596. The highest BCUT2D eigenvalue weighted by molar-refractivity contribution is 5.92. The Kier molecular flexibility index (Phi) is 4.75. The summed E-state index contributed by atoms with van der Waals surface area (Å²) in [6.45, 7) is 2.32. The first-order valence-electron chi connectivity index (χ1n) is 5.23. The Labute approximate surface area is 99.3 Å². The van der Waals surface area contributed by atoms with Crippen molar-refractivity contribution in [3.63, 3.8) is 0 Å². The molecule has 0 aliphatic heterocycles. The van der Waals surface area contributed by atoms with E-state index in [1.54, 1.807) is 0 Å². The van der Waals surface area contributed by atoms with E-state index in [2.05, 4.69) is 4.74 Å². The van der Waals surface area contributed by atoms with Gasteiger partial charge in [0.05, 0.1) is 20.8 Å². The Morgan fingerprint density at radius 3 is 2.59 bits per heavy atom. The maximum absolute atomic E-state index is 13.9. The summed E-state index contributed by atoms with van der Waals surface area (Å²) in [5, 5.41) is 0. The highest BCUT2D eigenvalue weighted by atomic mass is 19.1. The van der Waals surface area contributed by atoms with Gasteiger partial charge in [-0.2, -0.15) is 4.39 Å². The van der Waals surface area contributed by atoms with Gasteiger partial charge in [0.25, 0.3) is 0 Å². The van der Waals surface area contributed by atoms with Gasteiger partial charge >= 0.3 is 5.97 Å². The van der Waals surface area contributed by atoms with Crippen LogP contribution < -0.4 is 9.47 Å². The van der Waals surface area contributed by atoms with Crippen molar-refractivity contribution in [3.8, 4) is 11.5 Å². The quantitative estimate of drug-likeness (QED) is 0.744. The average Bonchev–Trinajstić information content (AvgIpc) is 2.36. The summed E-state index contributed by atoms with van der Waals surface area (Å²) in [6.07, 6.45) is 0.764. The fourth-order valence-electron chi connectivity index (χ4n) is 1.33. The highest BCUT2D eigenvalue weighted by Gasteiger charge is 2.20. The molecule has 0 fully saturated rings. The van der Waals surface area contributed by atoms with Crippen molar-refractivity contribution in [1.82, 2.24) is 0 Å². The van der Waals surface area contributed by atoms with Gasteiger partial charge in [-0.15, -0.1) is 0 Å². The second kappa shape index (κ2) is 6.08. The van der Waals surface area contributed by atoms with E-state index >= 15 is 0 Å². The smallest absolute Gasteiger partial charge is 0.341 e. The van der Waals surface area contributed by atoms with Crippen molar-refractivity contribution in [1.29, 1.82) is 0 Å². The molecule has 0 N–H and O–H groups in total. The van der Waals surface area contributed by atoms with Crippen LogP contribution in [-0.2, 0) is 4.74 Å². The zero-order valence-corrected chi connectivity index (χ0v) is 10.1. The number of methoxy groups -OCH3 is 2. The van der Waals surface area contributed by atoms with Gasteiger partial charge < -0.3 is 14.2 Å². The zero-order valence-electron chi connectivity index (χ0n) is 10.1. The SMILES string of the molecule is CCCOc1ccc(C(=O)OC)c(OC)c1F. The third-order valence-electron chi connectivity index (χ3n) is 2.13. The summed E-state index contributed by atoms with van der Waals surface area (Å²) in [6, 6.07) is 2.80. The van der Waals surface area contributed by atoms with Crippen molar-refractivity contribution in [2.75, 3.05) is 20.8 Å². The Hall–Kier alpha value is -1.78. The molecule has 0 heterocycles. The van der Waals surface area contributed by atoms with Crippen LogP contribution in [0.1, 0.15) is 23.7 Å². The molecule has 1 aromatic carbocycles. The highest BCUT2D eigenvalue weighted by Crippen LogP contribution is 2.30. The normalized spacial score (nSPS) is 9.88. The molecule has 1 rings (SSSR count). The molecule has 0 atom stereocenters. The van der Waals surface area contributed by atoms with E-state index < -0.39 is 11.8 Å². The van der Waals surface area contributed by atoms with Crippen LogP contribution in [0.25, 0.3) is 0 Å². The van der Waals surface area contributed by atoms with Gasteiger partial charge in [0.2, 0.25) is 5.82 Å². The van der Waals surface area contributed by atoms with Crippen LogP contribution in [0.5, 0.6) is 11.5 Å². The van der Waals surface area contributed by atoms with E-state index in [-0.39, 0.29) is 17.1 Å². The maximum atomic E-state index is 13.9. The Balaban J connectivity index is 3.12. The van der Waals surface area contributed by atoms with E-state index in [1.807, 2.05) is 6.92 Å². The van der Waals surface area contributed by atoms with E-state index in [0.717, 1.165) is 6.42 Å². The Bertz CT molecular complexity index is 404. The minimum atomic E-state index is -0.691. The number of hydrogen-bond donors (Lipinski definition) is 0. The number of halogens is 1. The zero-order chi connectivity index (χ0) is 12.8. The summed E-state index contributed by atoms with van der Waals surface area (Å²) >= 11 is 0. The molecule has 0 aliphatic carbocycles. The van der Waals surface area contributed by atoms with Crippen molar-refractivity contribution in [3.05, 3.63) is 23.5 Å². The molecule has 0 saturated heterocycles. The summed E-state index contributed by atoms with van der Waals surface area (Å²) < 4.78 is 28.5. The maximum Gasteiger partial charge on any atom is 0.341 e. The first kappa shape index (κ1) is 13.3. The number of rotatable bonds is 5. The van der Waals surface area contributed by atoms with Gasteiger partial charge in [-0.05, 0) is 18.6 Å². The standard InChI is InChI=1S/C12H15FO4/c1-4-7-17-9-6-5-8(12(14)16-3)11(15-2)10(9)13/h5-6H,4,7H2,1-3H3. The molecule has 0 aliphatic rings. The monoisotopic (exact) mass is 242 g/mol.